The summed E-state index contributed by atoms with van der Waals surface area (Å²) in [5, 5.41) is 3.88. The largest absolute Gasteiger partial charge is 0.349 e. The Hall–Kier alpha value is -1.78. The predicted octanol–water partition coefficient (Wildman–Crippen LogP) is 1.34. The number of hydrogen-bond acceptors (Lipinski definition) is 5. The maximum Gasteiger partial charge on any atom is 0.240 e. The fourth-order valence-electron chi connectivity index (χ4n) is 3.52. The summed E-state index contributed by atoms with van der Waals surface area (Å²) in [6.45, 7) is 0.262. The molecule has 1 aliphatic carbocycles. The molecule has 1 fully saturated rings. The molecule has 1 heterocycles. The molecule has 3 rings (SSSR count). The van der Waals surface area contributed by atoms with Crippen LogP contribution in [0, 0.1) is 17.7 Å². The van der Waals surface area contributed by atoms with Gasteiger partial charge in [-0.2, -0.15) is 0 Å². The van der Waals surface area contributed by atoms with Crippen LogP contribution in [-0.2, 0) is 24.7 Å². The molecule has 1 saturated carbocycles. The van der Waals surface area contributed by atoms with E-state index in [0.29, 0.717) is 25.7 Å². The van der Waals surface area contributed by atoms with Crippen LogP contribution in [0.3, 0.4) is 0 Å². The Labute approximate surface area is 164 Å². The smallest absolute Gasteiger partial charge is 0.240 e. The monoisotopic (exact) mass is 430 g/mol. The van der Waals surface area contributed by atoms with Gasteiger partial charge in [-0.3, -0.25) is 4.79 Å². The molecule has 1 aromatic rings. The maximum absolute atomic E-state index is 12.9. The van der Waals surface area contributed by atoms with Gasteiger partial charge in [-0.1, -0.05) is 0 Å². The molecular weight excluding hydrogens is 407 g/mol. The summed E-state index contributed by atoms with van der Waals surface area (Å²) < 4.78 is 62.8. The van der Waals surface area contributed by atoms with Gasteiger partial charge in [-0.15, -0.1) is 0 Å². The molecule has 0 spiro atoms. The lowest BCUT2D eigenvalue weighted by molar-refractivity contribution is -0.126. The lowest BCUT2D eigenvalue weighted by Crippen LogP contribution is -2.41. The zero-order chi connectivity index (χ0) is 20.4. The third-order valence-electron chi connectivity index (χ3n) is 5.16. The highest BCUT2D eigenvalue weighted by Gasteiger charge is 2.30. The van der Waals surface area contributed by atoms with Gasteiger partial charge in [-0.25, -0.2) is 25.9 Å². The van der Waals surface area contributed by atoms with E-state index < -0.39 is 31.7 Å². The molecule has 0 saturated heterocycles. The summed E-state index contributed by atoms with van der Waals surface area (Å²) in [6.07, 6.45) is 4.13. The number of sulfone groups is 1. The van der Waals surface area contributed by atoms with Crippen LogP contribution in [0.2, 0.25) is 0 Å². The van der Waals surface area contributed by atoms with Crippen molar-refractivity contribution < 1.29 is 26.0 Å². The van der Waals surface area contributed by atoms with Crippen molar-refractivity contribution in [3.05, 3.63) is 41.6 Å². The second-order valence-electron chi connectivity index (χ2n) is 7.30. The third kappa shape index (κ3) is 5.39. The second-order valence-corrected chi connectivity index (χ2v) is 11.0. The quantitative estimate of drug-likeness (QED) is 0.708. The molecule has 1 aromatic carbocycles. The average Bonchev–Trinajstić information content (AvgIpc) is 2.99. The number of nitrogens with one attached hydrogen (secondary N) is 2. The van der Waals surface area contributed by atoms with Crippen molar-refractivity contribution >= 4 is 25.8 Å². The molecule has 0 bridgehead atoms. The van der Waals surface area contributed by atoms with E-state index in [1.807, 2.05) is 0 Å². The van der Waals surface area contributed by atoms with Gasteiger partial charge >= 0.3 is 0 Å². The van der Waals surface area contributed by atoms with E-state index in [9.17, 15) is 26.0 Å². The molecule has 2 N–H and O–H groups in total. The average molecular weight is 431 g/mol. The van der Waals surface area contributed by atoms with Gasteiger partial charge in [0.1, 0.15) is 5.82 Å². The van der Waals surface area contributed by atoms with Crippen LogP contribution in [0.25, 0.3) is 0 Å². The summed E-state index contributed by atoms with van der Waals surface area (Å²) in [6, 6.07) is 4.16. The summed E-state index contributed by atoms with van der Waals surface area (Å²) in [7, 11) is -6.90. The first kappa shape index (κ1) is 20.9. The van der Waals surface area contributed by atoms with E-state index in [4.69, 9.17) is 0 Å². The van der Waals surface area contributed by atoms with Gasteiger partial charge in [-0.05, 0) is 61.9 Å². The van der Waals surface area contributed by atoms with Gasteiger partial charge in [0.25, 0.3) is 0 Å². The normalized spacial score (nSPS) is 26.8. The van der Waals surface area contributed by atoms with Crippen molar-refractivity contribution in [2.24, 2.45) is 11.8 Å². The first-order valence-corrected chi connectivity index (χ1v) is 12.3. The highest BCUT2D eigenvalue weighted by Crippen LogP contribution is 2.29. The van der Waals surface area contributed by atoms with Crippen molar-refractivity contribution in [3.63, 3.8) is 0 Å². The van der Waals surface area contributed by atoms with Crippen molar-refractivity contribution in [3.8, 4) is 0 Å². The summed E-state index contributed by atoms with van der Waals surface area (Å²) in [5.74, 6) is -0.829. The van der Waals surface area contributed by atoms with Crippen molar-refractivity contribution in [1.29, 1.82) is 0 Å². The lowest BCUT2D eigenvalue weighted by Gasteiger charge is -2.28. The Balaban J connectivity index is 1.44. The van der Waals surface area contributed by atoms with Crippen LogP contribution in [-0.4, -0.2) is 41.1 Å². The van der Waals surface area contributed by atoms with Gasteiger partial charge in [0.15, 0.2) is 9.84 Å². The van der Waals surface area contributed by atoms with Crippen LogP contribution < -0.4 is 10.0 Å². The van der Waals surface area contributed by atoms with E-state index in [-0.39, 0.29) is 34.9 Å². The molecule has 0 radical (unpaired) electrons. The molecule has 7 nitrogen and oxygen atoms in total. The molecule has 0 unspecified atom stereocenters. The molecule has 28 heavy (non-hydrogen) atoms. The number of amides is 1. The molecule has 154 valence electrons. The molecule has 1 amide bonds. The minimum absolute atomic E-state index is 0.0153. The molecule has 2 aliphatic rings. The van der Waals surface area contributed by atoms with Crippen LogP contribution in [0.15, 0.2) is 40.6 Å². The van der Waals surface area contributed by atoms with E-state index in [1.165, 1.54) is 18.2 Å². The Morgan fingerprint density at radius 2 is 1.75 bits per heavy atom. The van der Waals surface area contributed by atoms with Crippen molar-refractivity contribution in [2.45, 2.75) is 36.6 Å². The van der Waals surface area contributed by atoms with E-state index in [0.717, 1.165) is 17.5 Å². The predicted molar refractivity (Wildman–Crippen MR) is 102 cm³/mol. The number of hydrogen-bond donors (Lipinski definition) is 2. The Kier molecular flexibility index (Phi) is 6.21. The first-order chi connectivity index (χ1) is 13.1. The fourth-order valence-corrected chi connectivity index (χ4v) is 5.87. The van der Waals surface area contributed by atoms with Gasteiger partial charge in [0.05, 0.1) is 16.7 Å². The first-order valence-electron chi connectivity index (χ1n) is 9.11. The molecular formula is C18H23FN2O5S2. The number of sulfonamides is 1. The number of carbonyl (C=O) groups excluding carboxylic acids is 1. The van der Waals surface area contributed by atoms with Crippen LogP contribution >= 0.6 is 0 Å². The minimum Gasteiger partial charge on any atom is -0.349 e. The second kappa shape index (κ2) is 8.30. The van der Waals surface area contributed by atoms with E-state index in [2.05, 4.69) is 10.0 Å². The standard InChI is InChI=1S/C18H23FN2O5S2/c19-15-5-7-17(8-6-15)28(25,26)20-11-13-1-3-14(4-2-13)18(22)21-16-9-10-27(23,24)12-16/h5-10,13-14,16,20H,1-4,11-12H2,(H,21,22)/t13?,14?,16-/m0/s1. The van der Waals surface area contributed by atoms with Gasteiger partial charge < -0.3 is 5.32 Å². The number of rotatable bonds is 6. The number of benzene rings is 1. The van der Waals surface area contributed by atoms with Crippen LogP contribution in [0.1, 0.15) is 25.7 Å². The Morgan fingerprint density at radius 1 is 1.11 bits per heavy atom. The van der Waals surface area contributed by atoms with Crippen molar-refractivity contribution in [1.82, 2.24) is 10.0 Å². The zero-order valence-electron chi connectivity index (χ0n) is 15.2. The zero-order valence-corrected chi connectivity index (χ0v) is 16.8. The van der Waals surface area contributed by atoms with Gasteiger partial charge in [0.2, 0.25) is 15.9 Å². The molecule has 1 atom stereocenters. The summed E-state index contributed by atoms with van der Waals surface area (Å²) >= 11 is 0. The van der Waals surface area contributed by atoms with E-state index in [1.54, 1.807) is 0 Å². The topological polar surface area (TPSA) is 109 Å². The highest BCUT2D eigenvalue weighted by atomic mass is 32.2. The van der Waals surface area contributed by atoms with Crippen LogP contribution in [0.5, 0.6) is 0 Å². The Bertz CT molecular complexity index is 950. The Morgan fingerprint density at radius 3 is 2.32 bits per heavy atom. The summed E-state index contributed by atoms with van der Waals surface area (Å²) in [5.41, 5.74) is 0. The van der Waals surface area contributed by atoms with Crippen molar-refractivity contribution in [2.75, 3.05) is 12.3 Å². The lowest BCUT2D eigenvalue weighted by atomic mass is 9.81. The SMILES string of the molecule is O=C(N[C@H]1C=CS(=O)(=O)C1)C1CCC(CNS(=O)(=O)c2ccc(F)cc2)CC1. The maximum atomic E-state index is 12.9. The van der Waals surface area contributed by atoms with Gasteiger partial charge in [0, 0.05) is 17.9 Å². The molecule has 10 heteroatoms. The van der Waals surface area contributed by atoms with Crippen LogP contribution in [0.4, 0.5) is 4.39 Å². The van der Waals surface area contributed by atoms with E-state index >= 15 is 0 Å². The fraction of sp³-hybridized carbons (Fsp3) is 0.500. The minimum atomic E-state index is -3.69. The number of halogens is 1. The summed E-state index contributed by atoms with van der Waals surface area (Å²) in [4.78, 5) is 12.3. The molecule has 0 aromatic heterocycles. The highest BCUT2D eigenvalue weighted by molar-refractivity contribution is 7.94. The molecule has 1 aliphatic heterocycles. The third-order valence-corrected chi connectivity index (χ3v) is 8.00. The number of carbonyl (C=O) groups is 1.